The number of carbonyl (C=O) groups excluding carboxylic acids is 1. The lowest BCUT2D eigenvalue weighted by atomic mass is 9.98. The predicted octanol–water partition coefficient (Wildman–Crippen LogP) is 6.06. The van der Waals surface area contributed by atoms with Gasteiger partial charge < -0.3 is 9.64 Å². The molecule has 0 unspecified atom stereocenters. The first-order chi connectivity index (χ1) is 15.8. The SMILES string of the molecule is COc1ccccc1[C@H]1N(Cc2ccccc2)c2ccccc2C(=O)N1c1ccccc1. The fourth-order valence-electron chi connectivity index (χ4n) is 4.40. The van der Waals surface area contributed by atoms with E-state index >= 15 is 0 Å². The maximum atomic E-state index is 13.9. The van der Waals surface area contributed by atoms with Crippen molar-refractivity contribution in [2.24, 2.45) is 0 Å². The molecule has 4 aromatic carbocycles. The quantitative estimate of drug-likeness (QED) is 0.393. The Balaban J connectivity index is 1.75. The molecule has 0 saturated carbocycles. The Kier molecular flexibility index (Phi) is 5.34. The third kappa shape index (κ3) is 3.50. The smallest absolute Gasteiger partial charge is 0.262 e. The van der Waals surface area contributed by atoms with Crippen molar-refractivity contribution in [2.75, 3.05) is 16.9 Å². The molecule has 1 amide bonds. The van der Waals surface area contributed by atoms with Crippen LogP contribution in [0.4, 0.5) is 11.4 Å². The fourth-order valence-corrected chi connectivity index (χ4v) is 4.40. The normalized spacial score (nSPS) is 15.4. The van der Waals surface area contributed by atoms with Crippen molar-refractivity contribution >= 4 is 17.3 Å². The van der Waals surface area contributed by atoms with Crippen LogP contribution >= 0.6 is 0 Å². The van der Waals surface area contributed by atoms with E-state index in [-0.39, 0.29) is 12.1 Å². The lowest BCUT2D eigenvalue weighted by molar-refractivity contribution is 0.0968. The van der Waals surface area contributed by atoms with E-state index in [4.69, 9.17) is 4.74 Å². The summed E-state index contributed by atoms with van der Waals surface area (Å²) >= 11 is 0. The topological polar surface area (TPSA) is 32.8 Å². The van der Waals surface area contributed by atoms with Crippen molar-refractivity contribution in [1.82, 2.24) is 0 Å². The van der Waals surface area contributed by atoms with Gasteiger partial charge in [0.05, 0.1) is 18.4 Å². The lowest BCUT2D eigenvalue weighted by Crippen LogP contribution is -2.49. The van der Waals surface area contributed by atoms with Gasteiger partial charge >= 0.3 is 0 Å². The molecule has 0 aliphatic carbocycles. The molecule has 0 spiro atoms. The van der Waals surface area contributed by atoms with E-state index in [1.165, 1.54) is 5.56 Å². The standard InChI is InChI=1S/C28H24N2O2/c1-32-26-19-11-9-17-24(26)27-29(20-21-12-4-2-5-13-21)25-18-10-8-16-23(25)28(31)30(27)22-14-6-3-7-15-22/h2-19,27H,20H2,1H3/t27-/m0/s1. The number of rotatable bonds is 5. The first-order valence-electron chi connectivity index (χ1n) is 10.7. The van der Waals surface area contributed by atoms with Gasteiger partial charge in [0.2, 0.25) is 0 Å². The second kappa shape index (κ2) is 8.60. The van der Waals surface area contributed by atoms with Gasteiger partial charge in [-0.3, -0.25) is 9.69 Å². The monoisotopic (exact) mass is 420 g/mol. The number of ether oxygens (including phenoxy) is 1. The van der Waals surface area contributed by atoms with E-state index in [1.54, 1.807) is 7.11 Å². The summed E-state index contributed by atoms with van der Waals surface area (Å²) in [4.78, 5) is 18.0. The van der Waals surface area contributed by atoms with E-state index in [0.29, 0.717) is 12.1 Å². The molecular weight excluding hydrogens is 396 g/mol. The lowest BCUT2D eigenvalue weighted by Gasteiger charge is -2.46. The molecule has 32 heavy (non-hydrogen) atoms. The average molecular weight is 421 g/mol. The molecule has 0 radical (unpaired) electrons. The molecule has 158 valence electrons. The summed E-state index contributed by atoms with van der Waals surface area (Å²) in [5.41, 5.74) is 4.58. The first-order valence-corrected chi connectivity index (χ1v) is 10.7. The van der Waals surface area contributed by atoms with Gasteiger partial charge in [-0.15, -0.1) is 0 Å². The number of hydrogen-bond acceptors (Lipinski definition) is 3. The van der Waals surface area contributed by atoms with Crippen LogP contribution < -0.4 is 14.5 Å². The number of methoxy groups -OCH3 is 1. The number of nitrogens with zero attached hydrogens (tertiary/aromatic N) is 2. The highest BCUT2D eigenvalue weighted by Gasteiger charge is 2.40. The van der Waals surface area contributed by atoms with Crippen LogP contribution in [0.25, 0.3) is 0 Å². The van der Waals surface area contributed by atoms with Crippen molar-refractivity contribution in [3.8, 4) is 5.75 Å². The number of carbonyl (C=O) groups is 1. The van der Waals surface area contributed by atoms with Crippen LogP contribution in [-0.4, -0.2) is 13.0 Å². The summed E-state index contributed by atoms with van der Waals surface area (Å²) in [7, 11) is 1.67. The van der Waals surface area contributed by atoms with Crippen LogP contribution in [0.2, 0.25) is 0 Å². The summed E-state index contributed by atoms with van der Waals surface area (Å²) in [6.07, 6.45) is -0.365. The van der Waals surface area contributed by atoms with Gasteiger partial charge in [0.25, 0.3) is 5.91 Å². The van der Waals surface area contributed by atoms with Gasteiger partial charge in [-0.2, -0.15) is 0 Å². The van der Waals surface area contributed by atoms with Crippen LogP contribution in [0.3, 0.4) is 0 Å². The summed E-state index contributed by atoms with van der Waals surface area (Å²) in [5.74, 6) is 0.732. The Bertz CT molecular complexity index is 1220. The van der Waals surface area contributed by atoms with Crippen LogP contribution in [0.1, 0.15) is 27.7 Å². The number of hydrogen-bond donors (Lipinski definition) is 0. The molecule has 4 nitrogen and oxygen atoms in total. The van der Waals surface area contributed by atoms with Crippen LogP contribution in [0, 0.1) is 0 Å². The van der Waals surface area contributed by atoms with Gasteiger partial charge in [-0.05, 0) is 35.9 Å². The van der Waals surface area contributed by atoms with E-state index in [1.807, 2.05) is 102 Å². The third-order valence-electron chi connectivity index (χ3n) is 5.85. The summed E-state index contributed by atoms with van der Waals surface area (Å²) in [6, 6.07) is 36.0. The molecule has 4 aromatic rings. The summed E-state index contributed by atoms with van der Waals surface area (Å²) in [6.45, 7) is 0.650. The second-order valence-electron chi connectivity index (χ2n) is 7.76. The minimum Gasteiger partial charge on any atom is -0.496 e. The highest BCUT2D eigenvalue weighted by atomic mass is 16.5. The molecule has 1 atom stereocenters. The molecule has 1 heterocycles. The zero-order valence-corrected chi connectivity index (χ0v) is 17.9. The van der Waals surface area contributed by atoms with Gasteiger partial charge in [0.1, 0.15) is 11.9 Å². The Morgan fingerprint density at radius 3 is 2.12 bits per heavy atom. The first kappa shape index (κ1) is 19.9. The van der Waals surface area contributed by atoms with Gasteiger partial charge in [0, 0.05) is 17.8 Å². The number of anilines is 2. The van der Waals surface area contributed by atoms with Crippen LogP contribution in [0.5, 0.6) is 5.75 Å². The molecule has 0 bridgehead atoms. The summed E-state index contributed by atoms with van der Waals surface area (Å²) in [5, 5.41) is 0. The number of fused-ring (bicyclic) bond motifs is 1. The minimum absolute atomic E-state index is 0.0213. The minimum atomic E-state index is -0.365. The number of amides is 1. The Hall–Kier alpha value is -4.05. The Morgan fingerprint density at radius 2 is 1.38 bits per heavy atom. The largest absolute Gasteiger partial charge is 0.496 e. The van der Waals surface area contributed by atoms with E-state index in [2.05, 4.69) is 17.0 Å². The highest BCUT2D eigenvalue weighted by molar-refractivity contribution is 6.12. The molecule has 0 saturated heterocycles. The zero-order chi connectivity index (χ0) is 21.9. The molecular formula is C28H24N2O2. The van der Waals surface area contributed by atoms with Gasteiger partial charge in [-0.1, -0.05) is 78.9 Å². The molecule has 4 heteroatoms. The van der Waals surface area contributed by atoms with Gasteiger partial charge in [0.15, 0.2) is 0 Å². The Labute approximate surface area is 188 Å². The molecule has 0 fully saturated rings. The maximum Gasteiger partial charge on any atom is 0.262 e. The highest BCUT2D eigenvalue weighted by Crippen LogP contribution is 2.44. The Morgan fingerprint density at radius 1 is 0.750 bits per heavy atom. The van der Waals surface area contributed by atoms with E-state index < -0.39 is 0 Å². The summed E-state index contributed by atoms with van der Waals surface area (Å²) < 4.78 is 5.74. The van der Waals surface area contributed by atoms with Gasteiger partial charge in [-0.25, -0.2) is 0 Å². The van der Waals surface area contributed by atoms with Crippen LogP contribution in [0.15, 0.2) is 109 Å². The maximum absolute atomic E-state index is 13.9. The number of para-hydroxylation sites is 3. The van der Waals surface area contributed by atoms with Crippen molar-refractivity contribution in [1.29, 1.82) is 0 Å². The van der Waals surface area contributed by atoms with Crippen LogP contribution in [-0.2, 0) is 6.54 Å². The molecule has 0 aromatic heterocycles. The molecule has 0 N–H and O–H groups in total. The van der Waals surface area contributed by atoms with E-state index in [0.717, 1.165) is 22.7 Å². The molecule has 1 aliphatic rings. The van der Waals surface area contributed by atoms with Crippen molar-refractivity contribution in [2.45, 2.75) is 12.7 Å². The van der Waals surface area contributed by atoms with E-state index in [9.17, 15) is 4.79 Å². The fraction of sp³-hybridized carbons (Fsp3) is 0.107. The average Bonchev–Trinajstić information content (AvgIpc) is 2.86. The molecule has 1 aliphatic heterocycles. The van der Waals surface area contributed by atoms with Crippen molar-refractivity contribution in [3.05, 3.63) is 126 Å². The predicted molar refractivity (Wildman–Crippen MR) is 128 cm³/mol. The second-order valence-corrected chi connectivity index (χ2v) is 7.76. The third-order valence-corrected chi connectivity index (χ3v) is 5.85. The zero-order valence-electron chi connectivity index (χ0n) is 17.9. The van der Waals surface area contributed by atoms with Crippen molar-refractivity contribution < 1.29 is 9.53 Å². The van der Waals surface area contributed by atoms with Crippen molar-refractivity contribution in [3.63, 3.8) is 0 Å². The molecule has 5 rings (SSSR count). The number of benzene rings is 4.